The monoisotopic (exact) mass is 435 g/mol. The molecule has 0 aliphatic carbocycles. The molecule has 2 aromatic carbocycles. The van der Waals surface area contributed by atoms with Crippen LogP contribution in [0.5, 0.6) is 0 Å². The van der Waals surface area contributed by atoms with Crippen molar-refractivity contribution in [1.29, 1.82) is 0 Å². The Morgan fingerprint density at radius 3 is 2.62 bits per heavy atom. The van der Waals surface area contributed by atoms with Crippen molar-refractivity contribution in [2.45, 2.75) is 18.0 Å². The van der Waals surface area contributed by atoms with Gasteiger partial charge in [0.1, 0.15) is 12.4 Å². The highest BCUT2D eigenvalue weighted by molar-refractivity contribution is 5.97. The number of aliphatic hydroxyl groups excluding tert-OH is 1. The van der Waals surface area contributed by atoms with E-state index in [1.807, 2.05) is 43.3 Å². The number of nitrogens with zero attached hydrogens (tertiary/aromatic N) is 3. The van der Waals surface area contributed by atoms with Gasteiger partial charge in [0.05, 0.1) is 25.2 Å². The van der Waals surface area contributed by atoms with Crippen molar-refractivity contribution < 1.29 is 19.1 Å². The Labute approximate surface area is 187 Å². The summed E-state index contributed by atoms with van der Waals surface area (Å²) < 4.78 is 13.6. The number of amides is 2. The zero-order valence-electron chi connectivity index (χ0n) is 18.2. The lowest BCUT2D eigenvalue weighted by Crippen LogP contribution is -2.73. The fourth-order valence-electron chi connectivity index (χ4n) is 4.55. The van der Waals surface area contributed by atoms with Crippen LogP contribution >= 0.6 is 0 Å². The van der Waals surface area contributed by atoms with Crippen molar-refractivity contribution in [2.75, 3.05) is 40.3 Å². The van der Waals surface area contributed by atoms with E-state index in [1.165, 1.54) is 23.1 Å². The highest BCUT2D eigenvalue weighted by Gasteiger charge is 2.54. The van der Waals surface area contributed by atoms with E-state index in [2.05, 4.69) is 11.8 Å². The van der Waals surface area contributed by atoms with Crippen LogP contribution in [0.2, 0.25) is 0 Å². The molecule has 4 rings (SSSR count). The third-order valence-electron chi connectivity index (χ3n) is 6.03. The number of rotatable bonds is 4. The maximum absolute atomic E-state index is 13.6. The van der Waals surface area contributed by atoms with Crippen LogP contribution in [0.1, 0.15) is 27.4 Å². The van der Waals surface area contributed by atoms with Crippen molar-refractivity contribution in [3.63, 3.8) is 0 Å². The first kappa shape index (κ1) is 22.0. The maximum Gasteiger partial charge on any atom is 0.254 e. The number of hydrogen-bond acceptors (Lipinski definition) is 4. The molecule has 2 aliphatic rings. The Balaban J connectivity index is 1.53. The minimum absolute atomic E-state index is 0.0739. The second-order valence-corrected chi connectivity index (χ2v) is 8.50. The Morgan fingerprint density at radius 2 is 1.97 bits per heavy atom. The van der Waals surface area contributed by atoms with Crippen LogP contribution in [0.3, 0.4) is 0 Å². The predicted molar refractivity (Wildman–Crippen MR) is 118 cm³/mol. The average molecular weight is 435 g/mol. The van der Waals surface area contributed by atoms with E-state index in [9.17, 15) is 19.1 Å². The summed E-state index contributed by atoms with van der Waals surface area (Å²) in [4.78, 5) is 30.8. The summed E-state index contributed by atoms with van der Waals surface area (Å²) in [6, 6.07) is 12.8. The van der Waals surface area contributed by atoms with E-state index >= 15 is 0 Å². The van der Waals surface area contributed by atoms with Gasteiger partial charge < -0.3 is 14.9 Å². The van der Waals surface area contributed by atoms with Crippen molar-refractivity contribution in [2.24, 2.45) is 0 Å². The van der Waals surface area contributed by atoms with Gasteiger partial charge >= 0.3 is 0 Å². The first-order valence-corrected chi connectivity index (χ1v) is 10.6. The number of aliphatic hydroxyl groups is 1. The Bertz CT molecular complexity index is 1070. The number of benzene rings is 2. The first-order chi connectivity index (χ1) is 15.4. The van der Waals surface area contributed by atoms with Gasteiger partial charge in [0.25, 0.3) is 5.91 Å². The highest BCUT2D eigenvalue weighted by atomic mass is 19.1. The molecule has 0 unspecified atom stereocenters. The van der Waals surface area contributed by atoms with E-state index in [-0.39, 0.29) is 48.5 Å². The van der Waals surface area contributed by atoms with Crippen molar-refractivity contribution in [3.8, 4) is 11.8 Å². The predicted octanol–water partition coefficient (Wildman–Crippen LogP) is 1.55. The van der Waals surface area contributed by atoms with Gasteiger partial charge in [-0.15, -0.1) is 0 Å². The van der Waals surface area contributed by atoms with Gasteiger partial charge in [-0.25, -0.2) is 4.39 Å². The molecule has 0 aromatic heterocycles. The van der Waals surface area contributed by atoms with Crippen LogP contribution in [0.4, 0.5) is 4.39 Å². The molecule has 3 atom stereocenters. The van der Waals surface area contributed by atoms with Crippen LogP contribution in [0.25, 0.3) is 0 Å². The number of carbonyl (C=O) groups excluding carboxylic acids is 2. The Hall–Kier alpha value is -3.21. The van der Waals surface area contributed by atoms with Crippen LogP contribution in [-0.2, 0) is 4.79 Å². The van der Waals surface area contributed by atoms with Gasteiger partial charge in [0.15, 0.2) is 0 Å². The molecule has 0 radical (unpaired) electrons. The minimum atomic E-state index is -0.489. The standard InChI is InChI=1S/C25H26FN3O3/c1-27(2)12-4-5-17-8-10-18(11-9-17)24-21-14-28(15-23(31)29(21)22(24)16-30)25(32)19-6-3-7-20(26)13-19/h3,6-11,13,21-22,24,30H,12,14-16H2,1-2H3/t21-,22-,24+/m0/s1. The topological polar surface area (TPSA) is 64.1 Å². The quantitative estimate of drug-likeness (QED) is 0.741. The molecule has 2 fully saturated rings. The highest BCUT2D eigenvalue weighted by Crippen LogP contribution is 2.43. The molecule has 2 aromatic rings. The smallest absolute Gasteiger partial charge is 0.254 e. The molecule has 166 valence electrons. The van der Waals surface area contributed by atoms with E-state index < -0.39 is 5.82 Å². The molecule has 2 saturated heterocycles. The number of fused-ring (bicyclic) bond motifs is 1. The molecule has 0 saturated carbocycles. The van der Waals surface area contributed by atoms with E-state index in [4.69, 9.17) is 0 Å². The maximum atomic E-state index is 13.6. The summed E-state index contributed by atoms with van der Waals surface area (Å²) in [5.41, 5.74) is 2.12. The van der Waals surface area contributed by atoms with Gasteiger partial charge in [-0.05, 0) is 50.0 Å². The van der Waals surface area contributed by atoms with Gasteiger partial charge in [0.2, 0.25) is 5.91 Å². The molecule has 2 aliphatic heterocycles. The summed E-state index contributed by atoms with van der Waals surface area (Å²) in [6.07, 6.45) is 0. The largest absolute Gasteiger partial charge is 0.394 e. The van der Waals surface area contributed by atoms with Gasteiger partial charge in [-0.3, -0.25) is 14.5 Å². The number of hydrogen-bond donors (Lipinski definition) is 1. The Kier molecular flexibility index (Phi) is 6.26. The molecular weight excluding hydrogens is 409 g/mol. The van der Waals surface area contributed by atoms with E-state index in [0.29, 0.717) is 13.1 Å². The SMILES string of the molecule is CN(C)CC#Cc1ccc([C@H]2[C@H](CO)N3C(=O)CN(C(=O)c4cccc(F)c4)C[C@@H]23)cc1. The molecule has 1 N–H and O–H groups in total. The van der Waals surface area contributed by atoms with Gasteiger partial charge in [-0.2, -0.15) is 0 Å². The van der Waals surface area contributed by atoms with Crippen LogP contribution in [0.15, 0.2) is 48.5 Å². The summed E-state index contributed by atoms with van der Waals surface area (Å²) >= 11 is 0. The lowest BCUT2D eigenvalue weighted by Gasteiger charge is -2.58. The molecule has 2 heterocycles. The summed E-state index contributed by atoms with van der Waals surface area (Å²) in [5.74, 6) is 5.08. The van der Waals surface area contributed by atoms with Crippen molar-refractivity contribution in [3.05, 3.63) is 71.0 Å². The van der Waals surface area contributed by atoms with Crippen molar-refractivity contribution in [1.82, 2.24) is 14.7 Å². The molecule has 32 heavy (non-hydrogen) atoms. The molecule has 0 bridgehead atoms. The summed E-state index contributed by atoms with van der Waals surface area (Å²) in [7, 11) is 3.92. The average Bonchev–Trinajstić information content (AvgIpc) is 2.75. The molecular formula is C25H26FN3O3. The zero-order valence-corrected chi connectivity index (χ0v) is 18.2. The fourth-order valence-corrected chi connectivity index (χ4v) is 4.55. The van der Waals surface area contributed by atoms with Crippen LogP contribution in [0, 0.1) is 17.7 Å². The second-order valence-electron chi connectivity index (χ2n) is 8.50. The number of carbonyl (C=O) groups is 2. The summed E-state index contributed by atoms with van der Waals surface area (Å²) in [6.45, 7) is 0.794. The summed E-state index contributed by atoms with van der Waals surface area (Å²) in [5, 5.41) is 9.94. The number of piperazine rings is 1. The fraction of sp³-hybridized carbons (Fsp3) is 0.360. The molecule has 6 nitrogen and oxygen atoms in total. The minimum Gasteiger partial charge on any atom is -0.394 e. The lowest BCUT2D eigenvalue weighted by molar-refractivity contribution is -0.159. The Morgan fingerprint density at radius 1 is 1.22 bits per heavy atom. The first-order valence-electron chi connectivity index (χ1n) is 10.6. The van der Waals surface area contributed by atoms with E-state index in [1.54, 1.807) is 11.0 Å². The molecule has 2 amide bonds. The normalized spacial score (nSPS) is 22.2. The van der Waals surface area contributed by atoms with Crippen LogP contribution < -0.4 is 0 Å². The lowest BCUT2D eigenvalue weighted by atomic mass is 9.73. The van der Waals surface area contributed by atoms with Crippen LogP contribution in [-0.4, -0.2) is 84.0 Å². The molecule has 7 heteroatoms. The third-order valence-corrected chi connectivity index (χ3v) is 6.03. The van der Waals surface area contributed by atoms with Gasteiger partial charge in [-0.1, -0.05) is 30.0 Å². The zero-order chi connectivity index (χ0) is 22.8. The van der Waals surface area contributed by atoms with E-state index in [0.717, 1.165) is 11.1 Å². The third kappa shape index (κ3) is 4.24. The number of halogens is 1. The van der Waals surface area contributed by atoms with Crippen molar-refractivity contribution >= 4 is 11.8 Å². The molecule has 0 spiro atoms. The van der Waals surface area contributed by atoms with Gasteiger partial charge in [0, 0.05) is 23.6 Å². The second kappa shape index (κ2) is 9.11.